The van der Waals surface area contributed by atoms with E-state index in [2.05, 4.69) is 49.8 Å². The van der Waals surface area contributed by atoms with Gasteiger partial charge in [0.15, 0.2) is 11.5 Å². The van der Waals surface area contributed by atoms with Gasteiger partial charge < -0.3 is 31.5 Å². The Morgan fingerprint density at radius 1 is 0.933 bits per heavy atom. The zero-order chi connectivity index (χ0) is 32.0. The number of anilines is 4. The molecule has 1 aromatic heterocycles. The Morgan fingerprint density at radius 2 is 1.60 bits per heavy atom. The zero-order valence-corrected chi connectivity index (χ0v) is 27.1. The monoisotopic (exact) mass is 612 g/mol. The van der Waals surface area contributed by atoms with Gasteiger partial charge in [0, 0.05) is 49.2 Å². The zero-order valence-electron chi connectivity index (χ0n) is 27.1. The SMILES string of the molecule is CC.CNc1ccc(C(=O)N[C@@H]2CCCN(c3cnc(C(N)=O)c(Nc4ccc(C5(C)CCN(C6CC6)CC5)cc4)n3)C2)cc1. The Bertz CT molecular complexity index is 1450. The minimum absolute atomic E-state index is 0.0377. The van der Waals surface area contributed by atoms with Gasteiger partial charge in [-0.3, -0.25) is 9.59 Å². The molecule has 0 unspecified atom stereocenters. The molecule has 2 aliphatic heterocycles. The number of hydrogen-bond donors (Lipinski definition) is 4. The number of nitrogens with one attached hydrogen (secondary N) is 3. The van der Waals surface area contributed by atoms with E-state index in [1.165, 1.54) is 18.4 Å². The smallest absolute Gasteiger partial charge is 0.271 e. The molecule has 1 atom stereocenters. The van der Waals surface area contributed by atoms with Gasteiger partial charge in [-0.25, -0.2) is 9.97 Å². The van der Waals surface area contributed by atoms with Gasteiger partial charge in [0.1, 0.15) is 5.82 Å². The standard InChI is InChI=1S/C33H42N8O2.C2H6/c1-33(15-18-40(19-16-33)27-13-14-27)23-7-11-25(12-8-23)37-31-29(30(34)42)36-20-28(39-31)41-17-3-4-26(21-41)38-32(43)22-5-9-24(35-2)10-6-22;1-2/h5-12,20,26-27,35H,3-4,13-19,21H2,1-2H3,(H2,34,42)(H,37,39)(H,38,43);1-2H3/t26-;/m1./s1. The highest BCUT2D eigenvalue weighted by Crippen LogP contribution is 2.39. The maximum Gasteiger partial charge on any atom is 0.271 e. The number of primary amides is 1. The first-order valence-corrected chi connectivity index (χ1v) is 16.4. The molecule has 5 N–H and O–H groups in total. The van der Waals surface area contributed by atoms with Gasteiger partial charge in [-0.05, 0) is 99.0 Å². The fourth-order valence-corrected chi connectivity index (χ4v) is 6.36. The van der Waals surface area contributed by atoms with Crippen LogP contribution in [-0.4, -0.2) is 72.0 Å². The van der Waals surface area contributed by atoms with Crippen LogP contribution in [0.1, 0.15) is 85.7 Å². The normalized spacial score (nSPS) is 19.6. The topological polar surface area (TPSA) is 129 Å². The van der Waals surface area contributed by atoms with E-state index in [9.17, 15) is 9.59 Å². The molecule has 6 rings (SSSR count). The highest BCUT2D eigenvalue weighted by atomic mass is 16.2. The third kappa shape index (κ3) is 7.73. The molecule has 2 saturated heterocycles. The number of nitrogens with two attached hydrogens (primary N) is 1. The largest absolute Gasteiger partial charge is 0.388 e. The molecule has 2 aromatic carbocycles. The number of carbonyl (C=O) groups excluding carboxylic acids is 2. The molecule has 10 heteroatoms. The van der Waals surface area contributed by atoms with E-state index in [-0.39, 0.29) is 23.1 Å². The minimum atomic E-state index is -0.638. The molecule has 0 bridgehead atoms. The molecule has 3 aromatic rings. The fraction of sp³-hybridized carbons (Fsp3) is 0.486. The molecule has 1 saturated carbocycles. The molecule has 45 heavy (non-hydrogen) atoms. The number of hydrogen-bond acceptors (Lipinski definition) is 8. The molecule has 0 radical (unpaired) electrons. The average molecular weight is 613 g/mol. The Morgan fingerprint density at radius 3 is 2.22 bits per heavy atom. The first kappa shape index (κ1) is 32.2. The molecule has 3 aliphatic rings. The van der Waals surface area contributed by atoms with Crippen LogP contribution in [0.25, 0.3) is 0 Å². The molecular formula is C35H48N8O2. The summed E-state index contributed by atoms with van der Waals surface area (Å²) in [5.74, 6) is 0.229. The second-order valence-electron chi connectivity index (χ2n) is 12.4. The van der Waals surface area contributed by atoms with E-state index in [1.54, 1.807) is 6.20 Å². The Labute approximate surface area is 267 Å². The quantitative estimate of drug-likeness (QED) is 0.256. The van der Waals surface area contributed by atoms with E-state index < -0.39 is 5.91 Å². The van der Waals surface area contributed by atoms with Crippen LogP contribution in [0.3, 0.4) is 0 Å². The van der Waals surface area contributed by atoms with Crippen LogP contribution in [-0.2, 0) is 5.41 Å². The van der Waals surface area contributed by atoms with Crippen LogP contribution in [0.5, 0.6) is 0 Å². The number of likely N-dealkylation sites (tertiary alicyclic amines) is 1. The summed E-state index contributed by atoms with van der Waals surface area (Å²) in [6, 6.07) is 16.6. The van der Waals surface area contributed by atoms with E-state index >= 15 is 0 Å². The second-order valence-corrected chi connectivity index (χ2v) is 12.4. The van der Waals surface area contributed by atoms with Gasteiger partial charge in [-0.1, -0.05) is 32.9 Å². The summed E-state index contributed by atoms with van der Waals surface area (Å²) >= 11 is 0. The van der Waals surface area contributed by atoms with Crippen LogP contribution >= 0.6 is 0 Å². The van der Waals surface area contributed by atoms with Crippen molar-refractivity contribution in [3.8, 4) is 0 Å². The number of nitrogens with zero attached hydrogens (tertiary/aromatic N) is 4. The van der Waals surface area contributed by atoms with Gasteiger partial charge >= 0.3 is 0 Å². The van der Waals surface area contributed by atoms with Crippen molar-refractivity contribution >= 4 is 34.8 Å². The van der Waals surface area contributed by atoms with Crippen molar-refractivity contribution < 1.29 is 9.59 Å². The minimum Gasteiger partial charge on any atom is -0.388 e. The molecule has 1 aliphatic carbocycles. The summed E-state index contributed by atoms with van der Waals surface area (Å²) in [7, 11) is 1.85. The summed E-state index contributed by atoms with van der Waals surface area (Å²) in [4.78, 5) is 39.0. The average Bonchev–Trinajstić information content (AvgIpc) is 3.92. The number of rotatable bonds is 9. The summed E-state index contributed by atoms with van der Waals surface area (Å²) in [6.45, 7) is 10.1. The number of aromatic nitrogens is 2. The number of benzene rings is 2. The first-order valence-electron chi connectivity index (χ1n) is 16.4. The van der Waals surface area contributed by atoms with Crippen molar-refractivity contribution in [2.75, 3.05) is 48.8 Å². The summed E-state index contributed by atoms with van der Waals surface area (Å²) in [5.41, 5.74) is 9.67. The van der Waals surface area contributed by atoms with Gasteiger partial charge in [-0.2, -0.15) is 0 Å². The number of piperidine rings is 2. The first-order chi connectivity index (χ1) is 21.8. The van der Waals surface area contributed by atoms with Crippen molar-refractivity contribution in [1.29, 1.82) is 0 Å². The van der Waals surface area contributed by atoms with Gasteiger partial charge in [-0.15, -0.1) is 0 Å². The van der Waals surface area contributed by atoms with E-state index in [4.69, 9.17) is 10.7 Å². The molecule has 2 amide bonds. The summed E-state index contributed by atoms with van der Waals surface area (Å²) in [5, 5.41) is 9.52. The van der Waals surface area contributed by atoms with Crippen LogP contribution in [0.15, 0.2) is 54.7 Å². The maximum absolute atomic E-state index is 12.9. The third-order valence-electron chi connectivity index (χ3n) is 9.32. The molecular weight excluding hydrogens is 564 g/mol. The molecule has 10 nitrogen and oxygen atoms in total. The van der Waals surface area contributed by atoms with E-state index in [0.717, 1.165) is 62.7 Å². The van der Waals surface area contributed by atoms with Crippen LogP contribution in [0.2, 0.25) is 0 Å². The predicted octanol–water partition coefficient (Wildman–Crippen LogP) is 5.30. The van der Waals surface area contributed by atoms with E-state index in [1.807, 2.05) is 57.3 Å². The molecule has 0 spiro atoms. The lowest BCUT2D eigenvalue weighted by molar-refractivity contribution is 0.0932. The lowest BCUT2D eigenvalue weighted by Crippen LogP contribution is -2.48. The van der Waals surface area contributed by atoms with Crippen LogP contribution in [0, 0.1) is 0 Å². The molecule has 3 heterocycles. The van der Waals surface area contributed by atoms with Crippen molar-refractivity contribution in [3.05, 3.63) is 71.5 Å². The van der Waals surface area contributed by atoms with Crippen molar-refractivity contribution in [1.82, 2.24) is 20.2 Å². The third-order valence-corrected chi connectivity index (χ3v) is 9.32. The highest BCUT2D eigenvalue weighted by molar-refractivity contribution is 5.96. The Balaban J connectivity index is 0.00000196. The maximum atomic E-state index is 12.9. The predicted molar refractivity (Wildman–Crippen MR) is 181 cm³/mol. The number of carbonyl (C=O) groups is 2. The van der Waals surface area contributed by atoms with Crippen molar-refractivity contribution in [2.45, 2.75) is 76.8 Å². The van der Waals surface area contributed by atoms with Gasteiger partial charge in [0.05, 0.1) is 6.20 Å². The highest BCUT2D eigenvalue weighted by Gasteiger charge is 2.37. The summed E-state index contributed by atoms with van der Waals surface area (Å²) < 4.78 is 0. The molecule has 240 valence electrons. The second kappa shape index (κ2) is 14.3. The fourth-order valence-electron chi connectivity index (χ4n) is 6.36. The lowest BCUT2D eigenvalue weighted by atomic mass is 9.74. The van der Waals surface area contributed by atoms with E-state index in [0.29, 0.717) is 23.7 Å². The van der Waals surface area contributed by atoms with Crippen molar-refractivity contribution in [2.24, 2.45) is 5.73 Å². The van der Waals surface area contributed by atoms with Gasteiger partial charge in [0.25, 0.3) is 11.8 Å². The summed E-state index contributed by atoms with van der Waals surface area (Å²) in [6.07, 6.45) is 8.39. The number of amides is 2. The van der Waals surface area contributed by atoms with Crippen molar-refractivity contribution in [3.63, 3.8) is 0 Å². The molecule has 3 fully saturated rings. The van der Waals surface area contributed by atoms with Crippen LogP contribution < -0.4 is 26.6 Å². The Hall–Kier alpha value is -4.18. The lowest BCUT2D eigenvalue weighted by Gasteiger charge is -2.40. The van der Waals surface area contributed by atoms with Crippen LogP contribution in [0.4, 0.5) is 23.0 Å². The Kier molecular flexibility index (Phi) is 10.2. The van der Waals surface area contributed by atoms with Gasteiger partial charge in [0.2, 0.25) is 0 Å².